The van der Waals surface area contributed by atoms with Crippen molar-refractivity contribution in [1.82, 2.24) is 20.2 Å². The van der Waals surface area contributed by atoms with Crippen LogP contribution in [0, 0.1) is 5.82 Å². The third-order valence-corrected chi connectivity index (χ3v) is 3.14. The fourth-order valence-electron chi connectivity index (χ4n) is 2.24. The maximum absolute atomic E-state index is 13.1. The molecule has 2 heterocycles. The van der Waals surface area contributed by atoms with Gasteiger partial charge in [0.25, 0.3) is 0 Å². The summed E-state index contributed by atoms with van der Waals surface area (Å²) in [6, 6.07) is 12.3. The number of H-pyrrole nitrogens is 2. The van der Waals surface area contributed by atoms with Crippen LogP contribution < -0.4 is 0 Å². The van der Waals surface area contributed by atoms with Gasteiger partial charge in [0.05, 0.1) is 16.6 Å². The van der Waals surface area contributed by atoms with Gasteiger partial charge in [0.2, 0.25) is 0 Å². The molecule has 0 saturated carbocycles. The Bertz CT molecular complexity index is 858. The van der Waals surface area contributed by atoms with Crippen molar-refractivity contribution in [3.05, 3.63) is 48.3 Å². The molecular formula is C14H9FN4. The molecule has 0 atom stereocenters. The summed E-state index contributed by atoms with van der Waals surface area (Å²) in [5.74, 6) is 0.395. The molecule has 4 aromatic rings. The summed E-state index contributed by atoms with van der Waals surface area (Å²) in [7, 11) is 0. The maximum Gasteiger partial charge on any atom is 0.159 e. The van der Waals surface area contributed by atoms with Crippen LogP contribution in [0.1, 0.15) is 0 Å². The number of imidazole rings is 1. The molecule has 0 unspecified atom stereocenters. The van der Waals surface area contributed by atoms with E-state index in [2.05, 4.69) is 20.2 Å². The fourth-order valence-corrected chi connectivity index (χ4v) is 2.24. The minimum absolute atomic E-state index is 0.285. The summed E-state index contributed by atoms with van der Waals surface area (Å²) in [6.07, 6.45) is 0. The van der Waals surface area contributed by atoms with Crippen LogP contribution in [0.3, 0.4) is 0 Å². The molecule has 5 heteroatoms. The lowest BCUT2D eigenvalue weighted by molar-refractivity contribution is 0.629. The number of hydrogen-bond donors (Lipinski definition) is 2. The molecule has 2 aromatic carbocycles. The van der Waals surface area contributed by atoms with Crippen molar-refractivity contribution in [2.75, 3.05) is 0 Å². The molecule has 0 bridgehead atoms. The first-order valence-corrected chi connectivity index (χ1v) is 5.90. The quantitative estimate of drug-likeness (QED) is 0.546. The van der Waals surface area contributed by atoms with Crippen molar-refractivity contribution in [2.45, 2.75) is 0 Å². The Balaban J connectivity index is 1.98. The number of para-hydroxylation sites is 2. The number of aromatic nitrogens is 4. The highest BCUT2D eigenvalue weighted by atomic mass is 19.1. The van der Waals surface area contributed by atoms with Gasteiger partial charge in [-0.1, -0.05) is 12.1 Å². The average molecular weight is 252 g/mol. The number of benzene rings is 2. The van der Waals surface area contributed by atoms with Crippen LogP contribution >= 0.6 is 0 Å². The normalized spacial score (nSPS) is 11.4. The first-order valence-electron chi connectivity index (χ1n) is 5.90. The largest absolute Gasteiger partial charge is 0.337 e. The minimum atomic E-state index is -0.285. The molecule has 4 rings (SSSR count). The van der Waals surface area contributed by atoms with Gasteiger partial charge < -0.3 is 4.98 Å². The lowest BCUT2D eigenvalue weighted by atomic mass is 10.2. The molecular weight excluding hydrogens is 243 g/mol. The topological polar surface area (TPSA) is 57.4 Å². The second-order valence-corrected chi connectivity index (χ2v) is 4.36. The van der Waals surface area contributed by atoms with E-state index in [-0.39, 0.29) is 5.82 Å². The van der Waals surface area contributed by atoms with Crippen LogP contribution in [0.25, 0.3) is 33.5 Å². The summed E-state index contributed by atoms with van der Waals surface area (Å²) in [5.41, 5.74) is 3.20. The van der Waals surface area contributed by atoms with Crippen molar-refractivity contribution in [3.8, 4) is 11.5 Å². The van der Waals surface area contributed by atoms with Crippen molar-refractivity contribution < 1.29 is 4.39 Å². The van der Waals surface area contributed by atoms with E-state index in [9.17, 15) is 4.39 Å². The molecule has 0 aliphatic rings. The zero-order chi connectivity index (χ0) is 12.8. The summed E-state index contributed by atoms with van der Waals surface area (Å²) >= 11 is 0. The number of hydrogen-bond acceptors (Lipinski definition) is 2. The Kier molecular flexibility index (Phi) is 1.97. The van der Waals surface area contributed by atoms with Gasteiger partial charge in [-0.25, -0.2) is 9.37 Å². The highest BCUT2D eigenvalue weighted by molar-refractivity contribution is 5.92. The summed E-state index contributed by atoms with van der Waals surface area (Å²) in [6.45, 7) is 0. The van der Waals surface area contributed by atoms with Crippen LogP contribution in [0.5, 0.6) is 0 Å². The maximum atomic E-state index is 13.1. The third kappa shape index (κ3) is 1.52. The van der Waals surface area contributed by atoms with Crippen LogP contribution in [-0.2, 0) is 0 Å². The highest BCUT2D eigenvalue weighted by Gasteiger charge is 2.12. The molecule has 0 spiro atoms. The molecule has 4 nitrogen and oxygen atoms in total. The van der Waals surface area contributed by atoms with Crippen molar-refractivity contribution in [1.29, 1.82) is 0 Å². The molecule has 2 N–H and O–H groups in total. The first kappa shape index (κ1) is 10.3. The van der Waals surface area contributed by atoms with Gasteiger partial charge in [0.1, 0.15) is 11.5 Å². The van der Waals surface area contributed by atoms with E-state index in [0.29, 0.717) is 17.0 Å². The smallest absolute Gasteiger partial charge is 0.159 e. The van der Waals surface area contributed by atoms with E-state index >= 15 is 0 Å². The van der Waals surface area contributed by atoms with E-state index in [1.807, 2.05) is 24.3 Å². The second kappa shape index (κ2) is 3.65. The predicted octanol–water partition coefficient (Wildman–Crippen LogP) is 3.25. The lowest BCUT2D eigenvalue weighted by Crippen LogP contribution is -1.81. The number of halogens is 1. The van der Waals surface area contributed by atoms with E-state index < -0.39 is 0 Å². The zero-order valence-corrected chi connectivity index (χ0v) is 9.81. The van der Waals surface area contributed by atoms with Gasteiger partial charge in [-0.2, -0.15) is 5.10 Å². The molecule has 0 aliphatic carbocycles. The zero-order valence-electron chi connectivity index (χ0n) is 9.81. The Hall–Kier alpha value is -2.69. The minimum Gasteiger partial charge on any atom is -0.337 e. The van der Waals surface area contributed by atoms with Crippen molar-refractivity contribution in [2.24, 2.45) is 0 Å². The first-order chi connectivity index (χ1) is 9.31. The van der Waals surface area contributed by atoms with Crippen LogP contribution in [-0.4, -0.2) is 20.2 Å². The van der Waals surface area contributed by atoms with E-state index in [1.54, 1.807) is 6.07 Å². The summed E-state index contributed by atoms with van der Waals surface area (Å²) < 4.78 is 13.1. The van der Waals surface area contributed by atoms with E-state index in [0.717, 1.165) is 16.4 Å². The average Bonchev–Trinajstić information content (AvgIpc) is 3.00. The lowest BCUT2D eigenvalue weighted by Gasteiger charge is -1.92. The second-order valence-electron chi connectivity index (χ2n) is 4.36. The molecule has 0 aliphatic heterocycles. The Morgan fingerprint density at radius 3 is 2.79 bits per heavy atom. The predicted molar refractivity (Wildman–Crippen MR) is 71.1 cm³/mol. The van der Waals surface area contributed by atoms with Gasteiger partial charge in [0, 0.05) is 5.39 Å². The van der Waals surface area contributed by atoms with Gasteiger partial charge in [0.15, 0.2) is 5.82 Å². The Morgan fingerprint density at radius 2 is 1.89 bits per heavy atom. The van der Waals surface area contributed by atoms with Gasteiger partial charge >= 0.3 is 0 Å². The Morgan fingerprint density at radius 1 is 1.00 bits per heavy atom. The standard InChI is InChI=1S/C14H9FN4/c15-8-5-6-9-12(7-8)18-19-13(9)14-16-10-3-1-2-4-11(10)17-14/h1-7H,(H,16,17)(H,18,19). The molecule has 0 amide bonds. The van der Waals surface area contributed by atoms with E-state index in [1.165, 1.54) is 12.1 Å². The highest BCUT2D eigenvalue weighted by Crippen LogP contribution is 2.26. The Labute approximate surface area is 107 Å². The molecule has 0 radical (unpaired) electrons. The molecule has 19 heavy (non-hydrogen) atoms. The van der Waals surface area contributed by atoms with Gasteiger partial charge in [-0.15, -0.1) is 0 Å². The number of nitrogens with zero attached hydrogens (tertiary/aromatic N) is 2. The van der Waals surface area contributed by atoms with Gasteiger partial charge in [-0.05, 0) is 30.3 Å². The molecule has 0 fully saturated rings. The number of fused-ring (bicyclic) bond motifs is 2. The molecule has 0 saturated heterocycles. The summed E-state index contributed by atoms with van der Waals surface area (Å²) in [5, 5.41) is 7.89. The van der Waals surface area contributed by atoms with Crippen molar-refractivity contribution >= 4 is 21.9 Å². The number of rotatable bonds is 1. The fraction of sp³-hybridized carbons (Fsp3) is 0. The van der Waals surface area contributed by atoms with Crippen LogP contribution in [0.15, 0.2) is 42.5 Å². The monoisotopic (exact) mass is 252 g/mol. The van der Waals surface area contributed by atoms with Crippen LogP contribution in [0.2, 0.25) is 0 Å². The SMILES string of the molecule is Fc1ccc2c(-c3nc4ccccc4[nH]3)n[nH]c2c1. The van der Waals surface area contributed by atoms with Gasteiger partial charge in [-0.3, -0.25) is 5.10 Å². The number of aromatic amines is 2. The molecule has 2 aromatic heterocycles. The molecule has 92 valence electrons. The third-order valence-electron chi connectivity index (χ3n) is 3.14. The van der Waals surface area contributed by atoms with Crippen molar-refractivity contribution in [3.63, 3.8) is 0 Å². The summed E-state index contributed by atoms with van der Waals surface area (Å²) in [4.78, 5) is 7.71. The van der Waals surface area contributed by atoms with E-state index in [4.69, 9.17) is 0 Å². The number of nitrogens with one attached hydrogen (secondary N) is 2. The van der Waals surface area contributed by atoms with Crippen LogP contribution in [0.4, 0.5) is 4.39 Å².